The molecule has 7 nitrogen and oxygen atoms in total. The summed E-state index contributed by atoms with van der Waals surface area (Å²) in [6.45, 7) is 3.23. The Labute approximate surface area is 184 Å². The van der Waals surface area contributed by atoms with Crippen LogP contribution >= 0.6 is 11.3 Å². The lowest BCUT2D eigenvalue weighted by atomic mass is 9.93. The van der Waals surface area contributed by atoms with Crippen molar-refractivity contribution in [1.29, 1.82) is 0 Å². The highest BCUT2D eigenvalue weighted by molar-refractivity contribution is 7.18. The van der Waals surface area contributed by atoms with Crippen LogP contribution in [-0.4, -0.2) is 25.9 Å². The number of nitrogens with zero attached hydrogens (tertiary/aromatic N) is 4. The van der Waals surface area contributed by atoms with Crippen LogP contribution in [0.4, 0.5) is 0 Å². The van der Waals surface area contributed by atoms with Gasteiger partial charge in [0.25, 0.3) is 5.56 Å². The maximum absolute atomic E-state index is 13.2. The van der Waals surface area contributed by atoms with E-state index >= 15 is 0 Å². The first kappa shape index (κ1) is 20.1. The largest absolute Gasteiger partial charge is 0.308 e. The highest BCUT2D eigenvalue weighted by Gasteiger charge is 2.25. The van der Waals surface area contributed by atoms with Gasteiger partial charge in [0.15, 0.2) is 0 Å². The molecule has 1 aromatic carbocycles. The molecule has 3 heterocycles. The number of hydrogen-bond donors (Lipinski definition) is 1. The zero-order valence-electron chi connectivity index (χ0n) is 17.5. The van der Waals surface area contributed by atoms with Gasteiger partial charge >= 0.3 is 0 Å². The quantitative estimate of drug-likeness (QED) is 0.479. The van der Waals surface area contributed by atoms with Gasteiger partial charge < -0.3 is 5.32 Å². The van der Waals surface area contributed by atoms with Crippen molar-refractivity contribution in [1.82, 2.24) is 25.2 Å². The first-order chi connectivity index (χ1) is 15.2. The minimum absolute atomic E-state index is 0.103. The summed E-state index contributed by atoms with van der Waals surface area (Å²) in [5, 5.41) is 12.2. The third-order valence-electron chi connectivity index (χ3n) is 6.05. The minimum atomic E-state index is 0.103. The van der Waals surface area contributed by atoms with E-state index in [0.717, 1.165) is 53.7 Å². The Morgan fingerprint density at radius 2 is 2.13 bits per heavy atom. The van der Waals surface area contributed by atoms with Gasteiger partial charge in [-0.1, -0.05) is 40.6 Å². The molecule has 0 spiro atoms. The first-order valence-electron chi connectivity index (χ1n) is 10.7. The minimum Gasteiger partial charge on any atom is -0.308 e. The van der Waals surface area contributed by atoms with Crippen LogP contribution in [0.1, 0.15) is 40.2 Å². The summed E-state index contributed by atoms with van der Waals surface area (Å²) >= 11 is 1.66. The first-order valence-corrected chi connectivity index (χ1v) is 11.6. The Kier molecular flexibility index (Phi) is 5.65. The molecule has 0 radical (unpaired) electrons. The van der Waals surface area contributed by atoms with Crippen LogP contribution in [0.2, 0.25) is 0 Å². The summed E-state index contributed by atoms with van der Waals surface area (Å²) in [4.78, 5) is 20.0. The summed E-state index contributed by atoms with van der Waals surface area (Å²) in [5.41, 5.74) is 4.27. The van der Waals surface area contributed by atoms with Gasteiger partial charge in [-0.15, -0.1) is 11.3 Å². The van der Waals surface area contributed by atoms with Crippen LogP contribution in [0, 0.1) is 6.92 Å². The number of fused-ring (bicyclic) bond motifs is 3. The molecule has 0 amide bonds. The van der Waals surface area contributed by atoms with Crippen molar-refractivity contribution in [3.8, 4) is 0 Å². The molecular weight excluding hydrogens is 410 g/mol. The van der Waals surface area contributed by atoms with Crippen LogP contribution < -0.4 is 10.9 Å². The molecule has 0 fully saturated rings. The fourth-order valence-corrected chi connectivity index (χ4v) is 5.54. The van der Waals surface area contributed by atoms with E-state index in [1.54, 1.807) is 22.2 Å². The van der Waals surface area contributed by atoms with Crippen LogP contribution in [-0.2, 0) is 32.4 Å². The Balaban J connectivity index is 1.29. The van der Waals surface area contributed by atoms with E-state index in [1.165, 1.54) is 16.0 Å². The van der Waals surface area contributed by atoms with E-state index in [9.17, 15) is 4.79 Å². The van der Waals surface area contributed by atoms with E-state index in [-0.39, 0.29) is 5.56 Å². The van der Waals surface area contributed by atoms with Crippen molar-refractivity contribution < 1.29 is 4.63 Å². The highest BCUT2D eigenvalue weighted by Crippen LogP contribution is 2.33. The number of thiophene rings is 1. The molecule has 1 atom stereocenters. The molecule has 0 aliphatic heterocycles. The smallest absolute Gasteiger partial charge is 0.262 e. The average Bonchev–Trinajstić information content (AvgIpc) is 3.37. The van der Waals surface area contributed by atoms with E-state index in [2.05, 4.69) is 44.9 Å². The Morgan fingerprint density at radius 3 is 2.94 bits per heavy atom. The summed E-state index contributed by atoms with van der Waals surface area (Å²) in [6, 6.07) is 10.7. The van der Waals surface area contributed by atoms with E-state index in [0.29, 0.717) is 19.1 Å². The molecule has 5 rings (SSSR count). The third kappa shape index (κ3) is 4.18. The van der Waals surface area contributed by atoms with Gasteiger partial charge in [-0.05, 0) is 50.2 Å². The predicted octanol–water partition coefficient (Wildman–Crippen LogP) is 3.43. The maximum atomic E-state index is 13.2. The van der Waals surface area contributed by atoms with E-state index in [1.807, 2.05) is 13.0 Å². The lowest BCUT2D eigenvalue weighted by Crippen LogP contribution is -2.34. The van der Waals surface area contributed by atoms with Crippen LogP contribution in [0.25, 0.3) is 10.2 Å². The van der Waals surface area contributed by atoms with Gasteiger partial charge in [-0.2, -0.15) is 0 Å². The monoisotopic (exact) mass is 435 g/mol. The molecule has 4 aromatic rings. The number of aryl methyl sites for hydroxylation is 4. The summed E-state index contributed by atoms with van der Waals surface area (Å²) in [6.07, 6.45) is 6.40. The maximum Gasteiger partial charge on any atom is 0.262 e. The van der Waals surface area contributed by atoms with Crippen molar-refractivity contribution in [3.63, 3.8) is 0 Å². The molecule has 8 heteroatoms. The molecule has 1 aliphatic carbocycles. The predicted molar refractivity (Wildman–Crippen MR) is 120 cm³/mol. The van der Waals surface area contributed by atoms with Crippen molar-refractivity contribution in [2.45, 2.75) is 58.2 Å². The topological polar surface area (TPSA) is 85.8 Å². The molecule has 1 aliphatic rings. The van der Waals surface area contributed by atoms with Gasteiger partial charge in [-0.25, -0.2) is 9.61 Å². The molecule has 1 N–H and O–H groups in total. The highest BCUT2D eigenvalue weighted by atomic mass is 32.1. The van der Waals surface area contributed by atoms with Gasteiger partial charge in [0.2, 0.25) is 0 Å². The van der Waals surface area contributed by atoms with E-state index in [4.69, 9.17) is 4.63 Å². The fraction of sp³-hybridized carbons (Fsp3) is 0.391. The number of hydrogen-bond acceptors (Lipinski definition) is 7. The molecule has 31 heavy (non-hydrogen) atoms. The summed E-state index contributed by atoms with van der Waals surface area (Å²) in [7, 11) is 0. The molecule has 0 bridgehead atoms. The Morgan fingerprint density at radius 1 is 1.26 bits per heavy atom. The van der Waals surface area contributed by atoms with Gasteiger partial charge in [0.05, 0.1) is 11.7 Å². The van der Waals surface area contributed by atoms with E-state index < -0.39 is 0 Å². The standard InChI is InChI=1S/C23H25N5O2S/c1-15-19(27-30-26-15)13-24-17-9-10-18-20(12-17)31-22-21(18)23(29)28(14-25-22)11-5-8-16-6-3-2-4-7-16/h2-4,6-7,14,17,24H,5,8-13H2,1H3. The summed E-state index contributed by atoms with van der Waals surface area (Å²) < 4.78 is 6.56. The molecule has 3 aromatic heterocycles. The van der Waals surface area contributed by atoms with Crippen LogP contribution in [0.3, 0.4) is 0 Å². The molecule has 160 valence electrons. The molecular formula is C23H25N5O2S. The van der Waals surface area contributed by atoms with Gasteiger partial charge in [-0.3, -0.25) is 9.36 Å². The number of rotatable bonds is 7. The van der Waals surface area contributed by atoms with Crippen molar-refractivity contribution in [3.05, 3.63) is 74.4 Å². The van der Waals surface area contributed by atoms with Crippen LogP contribution in [0.15, 0.2) is 46.1 Å². The normalized spacial score (nSPS) is 16.0. The fourth-order valence-electron chi connectivity index (χ4n) is 4.28. The zero-order valence-corrected chi connectivity index (χ0v) is 18.3. The third-order valence-corrected chi connectivity index (χ3v) is 7.21. The second-order valence-corrected chi connectivity index (χ2v) is 9.22. The lowest BCUT2D eigenvalue weighted by molar-refractivity contribution is 0.299. The molecule has 1 unspecified atom stereocenters. The second kappa shape index (κ2) is 8.72. The number of aromatic nitrogens is 4. The van der Waals surface area contributed by atoms with Crippen molar-refractivity contribution >= 4 is 21.6 Å². The number of nitrogens with one attached hydrogen (secondary N) is 1. The van der Waals surface area contributed by atoms with Crippen LogP contribution in [0.5, 0.6) is 0 Å². The Bertz CT molecular complexity index is 1240. The van der Waals surface area contributed by atoms with Gasteiger partial charge in [0, 0.05) is 24.0 Å². The SMILES string of the molecule is Cc1nonc1CNC1CCc2c(sc3ncn(CCCc4ccccc4)c(=O)c23)C1. The number of benzene rings is 1. The molecule has 0 saturated heterocycles. The second-order valence-electron chi connectivity index (χ2n) is 8.13. The molecule has 0 saturated carbocycles. The lowest BCUT2D eigenvalue weighted by Gasteiger charge is -2.23. The summed E-state index contributed by atoms with van der Waals surface area (Å²) in [5.74, 6) is 0. The van der Waals surface area contributed by atoms with Gasteiger partial charge in [0.1, 0.15) is 16.2 Å². The van der Waals surface area contributed by atoms with Crippen molar-refractivity contribution in [2.75, 3.05) is 0 Å². The van der Waals surface area contributed by atoms with Crippen molar-refractivity contribution in [2.24, 2.45) is 0 Å². The zero-order chi connectivity index (χ0) is 21.2. The average molecular weight is 436 g/mol. The Hall–Kier alpha value is -2.84.